The first-order valence-electron chi connectivity index (χ1n) is 36.3. The monoisotopic (exact) mass is 1150 g/mol. The molecule has 0 heterocycles. The van der Waals surface area contributed by atoms with Crippen molar-refractivity contribution in [3.63, 3.8) is 0 Å². The van der Waals surface area contributed by atoms with Crippen LogP contribution in [0.3, 0.4) is 0 Å². The summed E-state index contributed by atoms with van der Waals surface area (Å²) in [7, 11) is 0. The van der Waals surface area contributed by atoms with Crippen LogP contribution in [0.2, 0.25) is 0 Å². The van der Waals surface area contributed by atoms with Crippen LogP contribution >= 0.6 is 0 Å². The maximum Gasteiger partial charge on any atom is 0.306 e. The molecule has 1 unspecified atom stereocenters. The number of esters is 3. The minimum atomic E-state index is -0.796. The van der Waals surface area contributed by atoms with Gasteiger partial charge in [-0.15, -0.1) is 0 Å². The molecule has 82 heavy (non-hydrogen) atoms. The second kappa shape index (κ2) is 70.6. The number of ether oxygens (including phenoxy) is 3. The molecular weight excluding hydrogens is 1010 g/mol. The fourth-order valence-corrected chi connectivity index (χ4v) is 10.9. The van der Waals surface area contributed by atoms with Gasteiger partial charge in [0.2, 0.25) is 0 Å². The van der Waals surface area contributed by atoms with E-state index in [4.69, 9.17) is 14.2 Å². The maximum atomic E-state index is 13.0. The SMILES string of the molecule is CC/C=C\C/C=C\C/C=C\C/C=C\C/C=C\CCCC(=O)OCC(COC(=O)CCCCCCCCCCCCCCCCCCCCCCCCCCCC)OC(=O)CCCCCCCCCCCCCCCCCCCCCCC. The van der Waals surface area contributed by atoms with Gasteiger partial charge in [-0.25, -0.2) is 0 Å². The summed E-state index contributed by atoms with van der Waals surface area (Å²) in [6.07, 6.45) is 91.3. The van der Waals surface area contributed by atoms with Crippen molar-refractivity contribution >= 4 is 17.9 Å². The molecule has 0 spiro atoms. The van der Waals surface area contributed by atoms with E-state index in [1.165, 1.54) is 263 Å². The Labute approximate surface area is 510 Å². The van der Waals surface area contributed by atoms with Gasteiger partial charge < -0.3 is 14.2 Å². The standard InChI is InChI=1S/C76H138O6/c1-4-7-10-13-16-19-22-25-28-31-33-35-36-37-38-39-41-42-45-48-51-54-57-60-63-66-69-75(78)81-72-73(71-80-74(77)68-65-62-59-56-53-50-47-44-30-27-24-21-18-15-12-9-6-3)82-76(79)70-67-64-61-58-55-52-49-46-43-40-34-32-29-26-23-20-17-14-11-8-5-2/h9,12,18,21,27,30,47,50,56,59,73H,4-8,10-11,13-17,19-20,22-26,28-29,31-46,48-49,51-55,57-58,60-72H2,1-3H3/b12-9-,21-18-,30-27-,50-47-,59-56-. The largest absolute Gasteiger partial charge is 0.462 e. The highest BCUT2D eigenvalue weighted by molar-refractivity contribution is 5.71. The van der Waals surface area contributed by atoms with E-state index in [1.807, 2.05) is 0 Å². The number of carbonyl (C=O) groups excluding carboxylic acids is 3. The molecule has 0 fully saturated rings. The molecule has 0 aromatic rings. The van der Waals surface area contributed by atoms with Crippen LogP contribution in [-0.2, 0) is 28.6 Å². The molecule has 0 radical (unpaired) electrons. The zero-order chi connectivity index (χ0) is 59.2. The molecule has 0 aromatic heterocycles. The van der Waals surface area contributed by atoms with Gasteiger partial charge in [-0.1, -0.05) is 370 Å². The Hall–Kier alpha value is -2.89. The van der Waals surface area contributed by atoms with Gasteiger partial charge in [-0.2, -0.15) is 0 Å². The van der Waals surface area contributed by atoms with Crippen molar-refractivity contribution in [2.24, 2.45) is 0 Å². The van der Waals surface area contributed by atoms with E-state index in [2.05, 4.69) is 81.5 Å². The van der Waals surface area contributed by atoms with Gasteiger partial charge in [-0.05, 0) is 57.8 Å². The normalized spacial score (nSPS) is 12.4. The molecule has 0 saturated carbocycles. The molecular formula is C76H138O6. The predicted molar refractivity (Wildman–Crippen MR) is 358 cm³/mol. The molecule has 0 N–H and O–H groups in total. The molecule has 0 saturated heterocycles. The summed E-state index contributed by atoms with van der Waals surface area (Å²) in [5.41, 5.74) is 0. The Morgan fingerprint density at radius 2 is 0.476 bits per heavy atom. The Kier molecular flexibility index (Phi) is 68.1. The van der Waals surface area contributed by atoms with Crippen LogP contribution < -0.4 is 0 Å². The number of allylic oxidation sites excluding steroid dienone is 10. The molecule has 6 heteroatoms. The van der Waals surface area contributed by atoms with Gasteiger partial charge >= 0.3 is 17.9 Å². The van der Waals surface area contributed by atoms with E-state index in [1.54, 1.807) is 0 Å². The van der Waals surface area contributed by atoms with E-state index < -0.39 is 6.10 Å². The van der Waals surface area contributed by atoms with Gasteiger partial charge in [0.1, 0.15) is 13.2 Å². The van der Waals surface area contributed by atoms with Crippen molar-refractivity contribution in [3.8, 4) is 0 Å². The lowest BCUT2D eigenvalue weighted by Crippen LogP contribution is -2.30. The minimum Gasteiger partial charge on any atom is -0.462 e. The number of rotatable bonds is 67. The summed E-state index contributed by atoms with van der Waals surface area (Å²) >= 11 is 0. The first-order chi connectivity index (χ1) is 40.5. The lowest BCUT2D eigenvalue weighted by molar-refractivity contribution is -0.167. The molecule has 0 amide bonds. The highest BCUT2D eigenvalue weighted by Gasteiger charge is 2.19. The van der Waals surface area contributed by atoms with Crippen LogP contribution in [0, 0.1) is 0 Å². The lowest BCUT2D eigenvalue weighted by Gasteiger charge is -2.18. The zero-order valence-corrected chi connectivity index (χ0v) is 55.0. The zero-order valence-electron chi connectivity index (χ0n) is 55.0. The van der Waals surface area contributed by atoms with Crippen LogP contribution in [0.15, 0.2) is 60.8 Å². The highest BCUT2D eigenvalue weighted by atomic mass is 16.6. The summed E-state index contributed by atoms with van der Waals surface area (Å²) in [4.78, 5) is 38.5. The van der Waals surface area contributed by atoms with Gasteiger partial charge in [0.15, 0.2) is 6.10 Å². The van der Waals surface area contributed by atoms with Crippen molar-refractivity contribution in [1.29, 1.82) is 0 Å². The molecule has 0 aliphatic rings. The van der Waals surface area contributed by atoms with Crippen molar-refractivity contribution in [2.75, 3.05) is 13.2 Å². The smallest absolute Gasteiger partial charge is 0.306 e. The van der Waals surface area contributed by atoms with Crippen LogP contribution in [0.5, 0.6) is 0 Å². The lowest BCUT2D eigenvalue weighted by atomic mass is 10.0. The summed E-state index contributed by atoms with van der Waals surface area (Å²) < 4.78 is 17.0. The quantitative estimate of drug-likeness (QED) is 0.0261. The summed E-state index contributed by atoms with van der Waals surface area (Å²) in [5.74, 6) is -0.920. The van der Waals surface area contributed by atoms with E-state index in [-0.39, 0.29) is 37.5 Å². The second-order valence-electron chi connectivity index (χ2n) is 24.5. The van der Waals surface area contributed by atoms with Gasteiger partial charge in [-0.3, -0.25) is 14.4 Å². The third-order valence-electron chi connectivity index (χ3n) is 16.3. The van der Waals surface area contributed by atoms with Crippen molar-refractivity contribution in [2.45, 2.75) is 393 Å². The van der Waals surface area contributed by atoms with E-state index in [0.29, 0.717) is 19.3 Å². The second-order valence-corrected chi connectivity index (χ2v) is 24.5. The fourth-order valence-electron chi connectivity index (χ4n) is 10.9. The average molecular weight is 1150 g/mol. The summed E-state index contributed by atoms with van der Waals surface area (Å²) in [6, 6.07) is 0. The third kappa shape index (κ3) is 67.9. The first kappa shape index (κ1) is 79.1. The molecule has 6 nitrogen and oxygen atoms in total. The Balaban J connectivity index is 4.31. The van der Waals surface area contributed by atoms with Crippen molar-refractivity contribution < 1.29 is 28.6 Å². The number of carbonyl (C=O) groups is 3. The molecule has 1 atom stereocenters. The molecule has 0 rings (SSSR count). The molecule has 0 bridgehead atoms. The predicted octanol–water partition coefficient (Wildman–Crippen LogP) is 25.1. The van der Waals surface area contributed by atoms with E-state index in [9.17, 15) is 14.4 Å². The summed E-state index contributed by atoms with van der Waals surface area (Å²) in [6.45, 7) is 6.56. The number of hydrogen-bond acceptors (Lipinski definition) is 6. The van der Waals surface area contributed by atoms with Gasteiger partial charge in [0.05, 0.1) is 0 Å². The van der Waals surface area contributed by atoms with Crippen LogP contribution in [0.25, 0.3) is 0 Å². The Bertz CT molecular complexity index is 1460. The average Bonchev–Trinajstić information content (AvgIpc) is 3.47. The highest BCUT2D eigenvalue weighted by Crippen LogP contribution is 2.19. The Morgan fingerprint density at radius 1 is 0.256 bits per heavy atom. The maximum absolute atomic E-state index is 13.0. The van der Waals surface area contributed by atoms with Crippen molar-refractivity contribution in [3.05, 3.63) is 60.8 Å². The van der Waals surface area contributed by atoms with Gasteiger partial charge in [0, 0.05) is 19.3 Å². The van der Waals surface area contributed by atoms with Crippen LogP contribution in [0.4, 0.5) is 0 Å². The Morgan fingerprint density at radius 3 is 0.744 bits per heavy atom. The third-order valence-corrected chi connectivity index (χ3v) is 16.3. The molecule has 478 valence electrons. The topological polar surface area (TPSA) is 78.9 Å². The number of unbranched alkanes of at least 4 members (excludes halogenated alkanes) is 46. The van der Waals surface area contributed by atoms with Crippen LogP contribution in [0.1, 0.15) is 387 Å². The molecule has 0 aliphatic heterocycles. The van der Waals surface area contributed by atoms with Crippen molar-refractivity contribution in [1.82, 2.24) is 0 Å². The van der Waals surface area contributed by atoms with E-state index >= 15 is 0 Å². The van der Waals surface area contributed by atoms with Crippen LogP contribution in [-0.4, -0.2) is 37.2 Å². The summed E-state index contributed by atoms with van der Waals surface area (Å²) in [5, 5.41) is 0. The first-order valence-corrected chi connectivity index (χ1v) is 36.3. The number of hydrogen-bond donors (Lipinski definition) is 0. The fraction of sp³-hybridized carbons (Fsp3) is 0.829. The van der Waals surface area contributed by atoms with E-state index in [0.717, 1.165) is 77.0 Å². The molecule has 0 aliphatic carbocycles. The van der Waals surface area contributed by atoms with Gasteiger partial charge in [0.25, 0.3) is 0 Å². The minimum absolute atomic E-state index is 0.0866. The molecule has 0 aromatic carbocycles.